The number of hydrogen-bond donors (Lipinski definition) is 1. The van der Waals surface area contributed by atoms with E-state index in [1.807, 2.05) is 0 Å². The fourth-order valence-corrected chi connectivity index (χ4v) is 0.496. The normalized spacial score (nSPS) is 11.2. The number of hydrogen-bond acceptors (Lipinski definition) is 3. The van der Waals surface area contributed by atoms with Crippen LogP contribution in [0.25, 0.3) is 0 Å². The topological polar surface area (TPSA) is 47.6 Å². The molecule has 0 aliphatic heterocycles. The molecule has 0 aliphatic carbocycles. The molecule has 4 nitrogen and oxygen atoms in total. The number of methoxy groups -OCH3 is 2. The van der Waals surface area contributed by atoms with Crippen LogP contribution in [0.2, 0.25) is 0 Å². The third kappa shape index (κ3) is 1.68. The summed E-state index contributed by atoms with van der Waals surface area (Å²) in [6.07, 6.45) is 0. The van der Waals surface area contributed by atoms with Gasteiger partial charge in [0, 0.05) is 21.3 Å². The lowest BCUT2D eigenvalue weighted by atomic mass is 10.3. The maximum atomic E-state index is 10.9. The second-order valence-corrected chi connectivity index (χ2v) is 1.93. The van der Waals surface area contributed by atoms with Crippen molar-refractivity contribution in [2.24, 2.45) is 0 Å². The molecule has 0 fully saturated rings. The van der Waals surface area contributed by atoms with Crippen molar-refractivity contribution in [3.63, 3.8) is 0 Å². The molecular formula is C6H13NO3. The molecule has 10 heavy (non-hydrogen) atoms. The number of ether oxygens (including phenoxy) is 2. The van der Waals surface area contributed by atoms with E-state index in [-0.39, 0.29) is 5.91 Å². The zero-order valence-electron chi connectivity index (χ0n) is 6.72. The van der Waals surface area contributed by atoms with Gasteiger partial charge < -0.3 is 14.8 Å². The highest BCUT2D eigenvalue weighted by molar-refractivity contribution is 5.82. The zero-order chi connectivity index (χ0) is 8.20. The second-order valence-electron chi connectivity index (χ2n) is 1.93. The van der Waals surface area contributed by atoms with Crippen molar-refractivity contribution < 1.29 is 14.3 Å². The predicted octanol–water partition coefficient (Wildman–Crippen LogP) is -0.259. The summed E-state index contributed by atoms with van der Waals surface area (Å²) >= 11 is 0. The molecule has 1 N–H and O–H groups in total. The van der Waals surface area contributed by atoms with Crippen LogP contribution in [0.15, 0.2) is 0 Å². The number of likely N-dealkylation sites (N-methyl/N-ethyl adjacent to an activating group) is 1. The van der Waals surface area contributed by atoms with Crippen LogP contribution in [-0.2, 0) is 14.3 Å². The summed E-state index contributed by atoms with van der Waals surface area (Å²) in [5, 5.41) is 2.42. The number of carbonyl (C=O) groups is 1. The summed E-state index contributed by atoms with van der Waals surface area (Å²) in [6, 6.07) is 0. The Bertz CT molecular complexity index is 120. The lowest BCUT2D eigenvalue weighted by Gasteiger charge is -2.23. The van der Waals surface area contributed by atoms with Gasteiger partial charge in [-0.3, -0.25) is 4.79 Å². The van der Waals surface area contributed by atoms with E-state index >= 15 is 0 Å². The predicted molar refractivity (Wildman–Crippen MR) is 36.5 cm³/mol. The van der Waals surface area contributed by atoms with Crippen molar-refractivity contribution in [2.45, 2.75) is 12.7 Å². The van der Waals surface area contributed by atoms with Crippen LogP contribution < -0.4 is 5.32 Å². The molecule has 0 aliphatic rings. The van der Waals surface area contributed by atoms with Gasteiger partial charge in [-0.25, -0.2) is 0 Å². The molecule has 60 valence electrons. The molecule has 0 unspecified atom stereocenters. The van der Waals surface area contributed by atoms with Crippen molar-refractivity contribution in [2.75, 3.05) is 21.3 Å². The van der Waals surface area contributed by atoms with Crippen LogP contribution in [0, 0.1) is 0 Å². The van der Waals surface area contributed by atoms with Gasteiger partial charge in [0.1, 0.15) is 0 Å². The van der Waals surface area contributed by atoms with Crippen molar-refractivity contribution >= 4 is 5.91 Å². The van der Waals surface area contributed by atoms with Crippen molar-refractivity contribution in [3.8, 4) is 0 Å². The molecule has 0 aromatic rings. The Hall–Kier alpha value is -0.610. The molecule has 4 heteroatoms. The van der Waals surface area contributed by atoms with Crippen LogP contribution >= 0.6 is 0 Å². The first-order valence-corrected chi connectivity index (χ1v) is 2.93. The van der Waals surface area contributed by atoms with E-state index in [4.69, 9.17) is 9.47 Å². The molecule has 0 atom stereocenters. The van der Waals surface area contributed by atoms with Crippen molar-refractivity contribution in [1.29, 1.82) is 0 Å². The van der Waals surface area contributed by atoms with E-state index in [9.17, 15) is 4.79 Å². The fraction of sp³-hybridized carbons (Fsp3) is 0.833. The van der Waals surface area contributed by atoms with E-state index in [0.29, 0.717) is 0 Å². The average Bonchev–Trinajstić information content (AvgIpc) is 2.01. The summed E-state index contributed by atoms with van der Waals surface area (Å²) < 4.78 is 9.61. The minimum Gasteiger partial charge on any atom is -0.354 e. The second kappa shape index (κ2) is 3.53. The quantitative estimate of drug-likeness (QED) is 0.559. The number of nitrogens with one attached hydrogen (secondary N) is 1. The molecule has 0 rings (SSSR count). The van der Waals surface area contributed by atoms with E-state index in [1.165, 1.54) is 21.3 Å². The summed E-state index contributed by atoms with van der Waals surface area (Å²) in [7, 11) is 4.36. The van der Waals surface area contributed by atoms with Gasteiger partial charge in [-0.2, -0.15) is 0 Å². The SMILES string of the molecule is CNC(=O)C(C)(OC)OC. The highest BCUT2D eigenvalue weighted by Gasteiger charge is 2.31. The number of carbonyl (C=O) groups excluding carboxylic acids is 1. The molecule has 0 spiro atoms. The fourth-order valence-electron chi connectivity index (χ4n) is 0.496. The maximum Gasteiger partial charge on any atom is 0.279 e. The van der Waals surface area contributed by atoms with E-state index in [2.05, 4.69) is 5.32 Å². The van der Waals surface area contributed by atoms with Crippen LogP contribution in [0.4, 0.5) is 0 Å². The Morgan fingerprint density at radius 2 is 1.80 bits per heavy atom. The van der Waals surface area contributed by atoms with Gasteiger partial charge in [0.05, 0.1) is 0 Å². The maximum absolute atomic E-state index is 10.9. The molecule has 0 heterocycles. The number of amides is 1. The van der Waals surface area contributed by atoms with Gasteiger partial charge in [-0.15, -0.1) is 0 Å². The Balaban J connectivity index is 4.17. The first-order valence-electron chi connectivity index (χ1n) is 2.93. The number of rotatable bonds is 3. The summed E-state index contributed by atoms with van der Waals surface area (Å²) in [4.78, 5) is 10.9. The Morgan fingerprint density at radius 1 is 1.40 bits per heavy atom. The van der Waals surface area contributed by atoms with Gasteiger partial charge in [-0.1, -0.05) is 0 Å². The average molecular weight is 147 g/mol. The summed E-state index contributed by atoms with van der Waals surface area (Å²) in [5.41, 5.74) is 0. The van der Waals surface area contributed by atoms with E-state index in [0.717, 1.165) is 0 Å². The van der Waals surface area contributed by atoms with E-state index < -0.39 is 5.79 Å². The molecule has 1 amide bonds. The minimum absolute atomic E-state index is 0.294. The zero-order valence-corrected chi connectivity index (χ0v) is 6.72. The first kappa shape index (κ1) is 9.39. The molecule has 0 aromatic carbocycles. The Kier molecular flexibility index (Phi) is 3.32. The highest BCUT2D eigenvalue weighted by atomic mass is 16.7. The lowest BCUT2D eigenvalue weighted by molar-refractivity contribution is -0.200. The van der Waals surface area contributed by atoms with Gasteiger partial charge in [0.15, 0.2) is 0 Å². The Labute approximate surface area is 60.5 Å². The monoisotopic (exact) mass is 147 g/mol. The van der Waals surface area contributed by atoms with Gasteiger partial charge in [0.2, 0.25) is 5.79 Å². The third-order valence-electron chi connectivity index (χ3n) is 1.42. The van der Waals surface area contributed by atoms with Crippen LogP contribution in [0.3, 0.4) is 0 Å². The Morgan fingerprint density at radius 3 is 1.90 bits per heavy atom. The standard InChI is InChI=1S/C6H13NO3/c1-6(9-3,10-4)5(8)7-2/h1-4H3,(H,7,8). The minimum atomic E-state index is -1.16. The molecule has 0 bridgehead atoms. The van der Waals surface area contributed by atoms with Crippen LogP contribution in [-0.4, -0.2) is 33.0 Å². The molecule has 0 saturated carbocycles. The van der Waals surface area contributed by atoms with E-state index in [1.54, 1.807) is 6.92 Å². The van der Waals surface area contributed by atoms with Gasteiger partial charge >= 0.3 is 0 Å². The summed E-state index contributed by atoms with van der Waals surface area (Å²) in [5.74, 6) is -1.45. The first-order chi connectivity index (χ1) is 4.60. The largest absolute Gasteiger partial charge is 0.354 e. The summed E-state index contributed by atoms with van der Waals surface area (Å²) in [6.45, 7) is 1.55. The molecule has 0 radical (unpaired) electrons. The van der Waals surface area contributed by atoms with Gasteiger partial charge in [-0.05, 0) is 6.92 Å². The third-order valence-corrected chi connectivity index (χ3v) is 1.42. The smallest absolute Gasteiger partial charge is 0.279 e. The van der Waals surface area contributed by atoms with Crippen LogP contribution in [0.5, 0.6) is 0 Å². The van der Waals surface area contributed by atoms with Gasteiger partial charge in [0.25, 0.3) is 5.91 Å². The van der Waals surface area contributed by atoms with Crippen molar-refractivity contribution in [1.82, 2.24) is 5.32 Å². The molecular weight excluding hydrogens is 134 g/mol. The lowest BCUT2D eigenvalue weighted by Crippen LogP contribution is -2.46. The molecule has 0 saturated heterocycles. The van der Waals surface area contributed by atoms with Crippen molar-refractivity contribution in [3.05, 3.63) is 0 Å². The van der Waals surface area contributed by atoms with Crippen LogP contribution in [0.1, 0.15) is 6.92 Å². The highest BCUT2D eigenvalue weighted by Crippen LogP contribution is 2.08. The molecule has 0 aromatic heterocycles.